The van der Waals surface area contributed by atoms with Gasteiger partial charge in [-0.2, -0.15) is 5.26 Å². The number of anilines is 2. The number of aromatic nitrogens is 2. The van der Waals surface area contributed by atoms with Crippen LogP contribution in [0.1, 0.15) is 21.6 Å². The van der Waals surface area contributed by atoms with Crippen LogP contribution in [-0.2, 0) is 6.54 Å². The Morgan fingerprint density at radius 3 is 2.38 bits per heavy atom. The van der Waals surface area contributed by atoms with Crippen LogP contribution in [0.15, 0.2) is 60.9 Å². The molecule has 2 aromatic carbocycles. The second kappa shape index (κ2) is 8.10. The Hall–Kier alpha value is -3.43. The van der Waals surface area contributed by atoms with Crippen LogP contribution in [0.4, 0.5) is 11.5 Å². The smallest absolute Gasteiger partial charge is 0.275 e. The van der Waals surface area contributed by atoms with E-state index in [0.29, 0.717) is 28.6 Å². The first-order valence-electron chi connectivity index (χ1n) is 7.76. The Balaban J connectivity index is 1.58. The summed E-state index contributed by atoms with van der Waals surface area (Å²) in [6.45, 7) is 0.572. The fourth-order valence-corrected chi connectivity index (χ4v) is 2.28. The summed E-state index contributed by atoms with van der Waals surface area (Å²) in [5, 5.41) is 15.3. The Morgan fingerprint density at radius 2 is 1.77 bits per heavy atom. The van der Waals surface area contributed by atoms with E-state index in [9.17, 15) is 4.79 Å². The van der Waals surface area contributed by atoms with Gasteiger partial charge in [-0.25, -0.2) is 9.97 Å². The molecule has 0 saturated heterocycles. The lowest BCUT2D eigenvalue weighted by Crippen LogP contribution is -2.14. The van der Waals surface area contributed by atoms with Crippen LogP contribution in [0.25, 0.3) is 0 Å². The highest BCUT2D eigenvalue weighted by Crippen LogP contribution is 2.12. The summed E-state index contributed by atoms with van der Waals surface area (Å²) in [6, 6.07) is 16.1. The molecule has 0 unspecified atom stereocenters. The maximum Gasteiger partial charge on any atom is 0.275 e. The molecule has 6 nitrogen and oxygen atoms in total. The summed E-state index contributed by atoms with van der Waals surface area (Å²) in [6.07, 6.45) is 2.91. The predicted molar refractivity (Wildman–Crippen MR) is 99.9 cm³/mol. The zero-order valence-electron chi connectivity index (χ0n) is 13.6. The van der Waals surface area contributed by atoms with Gasteiger partial charge >= 0.3 is 0 Å². The lowest BCUT2D eigenvalue weighted by atomic mass is 10.2. The number of hydrogen-bond donors (Lipinski definition) is 2. The molecular weight excluding hydrogens is 350 g/mol. The minimum atomic E-state index is -0.369. The maximum absolute atomic E-state index is 12.2. The largest absolute Gasteiger partial charge is 0.365 e. The zero-order chi connectivity index (χ0) is 18.4. The van der Waals surface area contributed by atoms with E-state index in [4.69, 9.17) is 16.9 Å². The first-order valence-corrected chi connectivity index (χ1v) is 8.14. The molecule has 0 aliphatic heterocycles. The Morgan fingerprint density at radius 1 is 1.04 bits per heavy atom. The lowest BCUT2D eigenvalue weighted by molar-refractivity contribution is 0.102. The van der Waals surface area contributed by atoms with E-state index in [2.05, 4.69) is 20.6 Å². The fraction of sp³-hybridized carbons (Fsp3) is 0.0526. The number of nitrogens with zero attached hydrogens (tertiary/aromatic N) is 3. The molecule has 3 aromatic rings. The SMILES string of the molecule is N#Cc1ccc(NC(=O)c2cnc(NCc3ccc(Cl)cc3)cn2)cc1. The van der Waals surface area contributed by atoms with Crippen molar-refractivity contribution in [3.8, 4) is 6.07 Å². The van der Waals surface area contributed by atoms with Gasteiger partial charge in [0.25, 0.3) is 5.91 Å². The van der Waals surface area contributed by atoms with Crippen molar-refractivity contribution in [2.45, 2.75) is 6.54 Å². The van der Waals surface area contributed by atoms with Crippen LogP contribution in [0.5, 0.6) is 0 Å². The number of nitriles is 1. The standard InChI is InChI=1S/C19H14ClN5O/c20-15-5-1-14(2-6-15)10-23-18-12-22-17(11-24-18)19(26)25-16-7-3-13(9-21)4-8-16/h1-8,11-12H,10H2,(H,23,24)(H,25,26). The zero-order valence-corrected chi connectivity index (χ0v) is 14.4. The third-order valence-electron chi connectivity index (χ3n) is 3.54. The van der Waals surface area contributed by atoms with Crippen molar-refractivity contribution in [3.63, 3.8) is 0 Å². The topological polar surface area (TPSA) is 90.7 Å². The molecular formula is C19H14ClN5O. The molecule has 0 radical (unpaired) electrons. The molecule has 0 saturated carbocycles. The second-order valence-electron chi connectivity index (χ2n) is 5.41. The van der Waals surface area contributed by atoms with Gasteiger partial charge in [0.2, 0.25) is 0 Å². The Labute approximate surface area is 155 Å². The maximum atomic E-state index is 12.2. The van der Waals surface area contributed by atoms with E-state index >= 15 is 0 Å². The third kappa shape index (κ3) is 4.56. The van der Waals surface area contributed by atoms with E-state index < -0.39 is 0 Å². The van der Waals surface area contributed by atoms with Gasteiger partial charge in [0.1, 0.15) is 11.5 Å². The Bertz CT molecular complexity index is 932. The number of amides is 1. The normalized spacial score (nSPS) is 10.0. The van der Waals surface area contributed by atoms with Crippen molar-refractivity contribution in [2.75, 3.05) is 10.6 Å². The minimum absolute atomic E-state index is 0.200. The quantitative estimate of drug-likeness (QED) is 0.718. The van der Waals surface area contributed by atoms with Crippen molar-refractivity contribution < 1.29 is 4.79 Å². The highest BCUT2D eigenvalue weighted by Gasteiger charge is 2.08. The highest BCUT2D eigenvalue weighted by molar-refractivity contribution is 6.30. The molecule has 7 heteroatoms. The number of benzene rings is 2. The number of carbonyl (C=O) groups excluding carboxylic acids is 1. The summed E-state index contributed by atoms with van der Waals surface area (Å²) < 4.78 is 0. The molecule has 3 rings (SSSR count). The van der Waals surface area contributed by atoms with Crippen LogP contribution in [0.2, 0.25) is 5.02 Å². The molecule has 0 atom stereocenters. The summed E-state index contributed by atoms with van der Waals surface area (Å²) in [5.41, 5.74) is 2.37. The molecule has 128 valence electrons. The van der Waals surface area contributed by atoms with E-state index in [1.165, 1.54) is 12.4 Å². The first-order chi connectivity index (χ1) is 12.6. The van der Waals surface area contributed by atoms with Crippen molar-refractivity contribution in [3.05, 3.63) is 82.8 Å². The Kier molecular flexibility index (Phi) is 5.42. The third-order valence-corrected chi connectivity index (χ3v) is 3.80. The van der Waals surface area contributed by atoms with Gasteiger partial charge in [0.05, 0.1) is 24.0 Å². The van der Waals surface area contributed by atoms with Crippen LogP contribution in [0, 0.1) is 11.3 Å². The molecule has 0 aliphatic carbocycles. The number of halogens is 1. The monoisotopic (exact) mass is 363 g/mol. The molecule has 1 amide bonds. The second-order valence-corrected chi connectivity index (χ2v) is 5.85. The summed E-state index contributed by atoms with van der Waals surface area (Å²) in [7, 11) is 0. The van der Waals surface area contributed by atoms with Gasteiger partial charge in [-0.05, 0) is 42.0 Å². The molecule has 2 N–H and O–H groups in total. The van der Waals surface area contributed by atoms with Crippen molar-refractivity contribution in [1.29, 1.82) is 5.26 Å². The van der Waals surface area contributed by atoms with Crippen molar-refractivity contribution in [1.82, 2.24) is 9.97 Å². The number of carbonyl (C=O) groups is 1. The van der Waals surface area contributed by atoms with Crippen LogP contribution < -0.4 is 10.6 Å². The molecule has 1 heterocycles. The number of rotatable bonds is 5. The summed E-state index contributed by atoms with van der Waals surface area (Å²) in [5.74, 6) is 0.196. The first kappa shape index (κ1) is 17.4. The average molecular weight is 364 g/mol. The van der Waals surface area contributed by atoms with Gasteiger partial charge in [0, 0.05) is 17.3 Å². The van der Waals surface area contributed by atoms with Crippen LogP contribution in [-0.4, -0.2) is 15.9 Å². The van der Waals surface area contributed by atoms with E-state index in [-0.39, 0.29) is 11.6 Å². The van der Waals surface area contributed by atoms with Crippen molar-refractivity contribution >= 4 is 29.0 Å². The predicted octanol–water partition coefficient (Wildman–Crippen LogP) is 3.87. The van der Waals surface area contributed by atoms with Gasteiger partial charge in [-0.3, -0.25) is 4.79 Å². The van der Waals surface area contributed by atoms with Gasteiger partial charge in [-0.15, -0.1) is 0 Å². The fourth-order valence-electron chi connectivity index (χ4n) is 2.15. The summed E-state index contributed by atoms with van der Waals surface area (Å²) in [4.78, 5) is 20.5. The van der Waals surface area contributed by atoms with Crippen LogP contribution >= 0.6 is 11.6 Å². The molecule has 0 fully saturated rings. The lowest BCUT2D eigenvalue weighted by Gasteiger charge is -2.07. The average Bonchev–Trinajstić information content (AvgIpc) is 2.68. The number of hydrogen-bond acceptors (Lipinski definition) is 5. The highest BCUT2D eigenvalue weighted by atomic mass is 35.5. The molecule has 0 aliphatic rings. The van der Waals surface area contributed by atoms with E-state index in [1.54, 1.807) is 24.3 Å². The van der Waals surface area contributed by atoms with Crippen LogP contribution in [0.3, 0.4) is 0 Å². The molecule has 26 heavy (non-hydrogen) atoms. The van der Waals surface area contributed by atoms with Gasteiger partial charge in [0.15, 0.2) is 0 Å². The van der Waals surface area contributed by atoms with Gasteiger partial charge < -0.3 is 10.6 Å². The summed E-state index contributed by atoms with van der Waals surface area (Å²) >= 11 is 5.85. The van der Waals surface area contributed by atoms with E-state index in [1.807, 2.05) is 30.3 Å². The number of nitrogens with one attached hydrogen (secondary N) is 2. The molecule has 0 bridgehead atoms. The van der Waals surface area contributed by atoms with Crippen molar-refractivity contribution in [2.24, 2.45) is 0 Å². The minimum Gasteiger partial charge on any atom is -0.365 e. The molecule has 1 aromatic heterocycles. The van der Waals surface area contributed by atoms with Gasteiger partial charge in [-0.1, -0.05) is 23.7 Å². The molecule has 0 spiro atoms. The van der Waals surface area contributed by atoms with E-state index in [0.717, 1.165) is 5.56 Å².